The third-order valence-electron chi connectivity index (χ3n) is 6.88. The fraction of sp³-hybridized carbons (Fsp3) is 0.188. The van der Waals surface area contributed by atoms with Gasteiger partial charge in [-0.25, -0.2) is 4.79 Å². The summed E-state index contributed by atoms with van der Waals surface area (Å²) in [5.41, 5.74) is 11.0. The molecule has 0 unspecified atom stereocenters. The highest BCUT2D eigenvalue weighted by Crippen LogP contribution is 2.44. The van der Waals surface area contributed by atoms with Crippen LogP contribution in [0.3, 0.4) is 0 Å². The molecule has 4 aromatic rings. The lowest BCUT2D eigenvalue weighted by molar-refractivity contribution is 0.0601. The molecule has 0 saturated carbocycles. The summed E-state index contributed by atoms with van der Waals surface area (Å²) >= 11 is 1.55. The molecule has 5 rings (SSSR count). The van der Waals surface area contributed by atoms with Crippen LogP contribution in [-0.2, 0) is 11.3 Å². The van der Waals surface area contributed by atoms with Crippen LogP contribution in [0, 0.1) is 11.3 Å². The number of amides is 2. The predicted octanol–water partition coefficient (Wildman–Crippen LogP) is 5.68. The van der Waals surface area contributed by atoms with E-state index in [-0.39, 0.29) is 23.2 Å². The maximum absolute atomic E-state index is 13.8. The molecule has 10 heteroatoms. The number of ether oxygens (including phenoxy) is 2. The summed E-state index contributed by atoms with van der Waals surface area (Å²) in [7, 11) is 1.27. The molecule has 0 bridgehead atoms. The smallest absolute Gasteiger partial charge is 0.338 e. The lowest BCUT2D eigenvalue weighted by Crippen LogP contribution is -2.27. The van der Waals surface area contributed by atoms with Crippen molar-refractivity contribution in [3.05, 3.63) is 93.2 Å². The highest BCUT2D eigenvalue weighted by molar-refractivity contribution is 7.08. The van der Waals surface area contributed by atoms with E-state index in [4.69, 9.17) is 20.6 Å². The monoisotopic (exact) mass is 582 g/mol. The molecule has 0 atom stereocenters. The Balaban J connectivity index is 1.63. The first-order valence-electron chi connectivity index (χ1n) is 13.3. The van der Waals surface area contributed by atoms with Crippen molar-refractivity contribution >= 4 is 40.6 Å². The van der Waals surface area contributed by atoms with Gasteiger partial charge in [0.15, 0.2) is 0 Å². The fourth-order valence-electron chi connectivity index (χ4n) is 4.68. The molecule has 3 aromatic carbocycles. The average Bonchev–Trinajstić information content (AvgIpc) is 3.48. The molecule has 42 heavy (non-hydrogen) atoms. The molecule has 0 aliphatic carbocycles. The van der Waals surface area contributed by atoms with Gasteiger partial charge in [0.2, 0.25) is 0 Å². The number of amidine groups is 1. The van der Waals surface area contributed by atoms with E-state index in [0.29, 0.717) is 52.4 Å². The number of rotatable bonds is 8. The number of carbonyl (C=O) groups excluding carboxylic acids is 3. The van der Waals surface area contributed by atoms with Crippen molar-refractivity contribution in [2.75, 3.05) is 19.0 Å². The van der Waals surface area contributed by atoms with Crippen molar-refractivity contribution in [3.63, 3.8) is 0 Å². The highest BCUT2D eigenvalue weighted by Gasteiger charge is 2.26. The number of methoxy groups -OCH3 is 1. The van der Waals surface area contributed by atoms with Crippen molar-refractivity contribution in [2.45, 2.75) is 20.5 Å². The second-order valence-corrected chi connectivity index (χ2v) is 11.0. The minimum Gasteiger partial charge on any atom is -0.488 e. The molecule has 1 aliphatic heterocycles. The van der Waals surface area contributed by atoms with Crippen molar-refractivity contribution in [1.82, 2.24) is 5.32 Å². The van der Waals surface area contributed by atoms with Crippen molar-refractivity contribution < 1.29 is 23.9 Å². The summed E-state index contributed by atoms with van der Waals surface area (Å²) in [5.74, 6) is -0.618. The number of fused-ring (bicyclic) bond motifs is 3. The van der Waals surface area contributed by atoms with E-state index < -0.39 is 11.9 Å². The van der Waals surface area contributed by atoms with Crippen molar-refractivity contribution in [3.8, 4) is 28.0 Å². The third-order valence-corrected chi connectivity index (χ3v) is 7.67. The van der Waals surface area contributed by atoms with Crippen LogP contribution in [0.25, 0.3) is 22.3 Å². The van der Waals surface area contributed by atoms with E-state index in [9.17, 15) is 14.4 Å². The summed E-state index contributed by atoms with van der Waals surface area (Å²) in [6, 6.07) is 14.9. The SMILES string of the molecule is COC(=O)c1cc(C(=O)NCC(C)C)ccc1-c1cc2c(cc1C(=O)Nc1ccc(C(=N)N)cc1)-c1cscc1CO2. The van der Waals surface area contributed by atoms with E-state index >= 15 is 0 Å². The van der Waals surface area contributed by atoms with Crippen molar-refractivity contribution in [1.29, 1.82) is 5.41 Å². The molecule has 2 heterocycles. The Morgan fingerprint density at radius 1 is 0.929 bits per heavy atom. The van der Waals surface area contributed by atoms with E-state index in [0.717, 1.165) is 16.7 Å². The number of benzene rings is 3. The second-order valence-electron chi connectivity index (χ2n) is 10.3. The third kappa shape index (κ3) is 5.75. The lowest BCUT2D eigenvalue weighted by atomic mass is 9.89. The molecule has 0 fully saturated rings. The van der Waals surface area contributed by atoms with E-state index in [1.54, 1.807) is 59.9 Å². The standard InChI is InChI=1S/C32H30N4O5S/c1-17(2)13-35-30(37)19-6-9-22(26(10-19)32(39)40-3)23-12-28-24(27-16-42-15-20(27)14-41-28)11-25(23)31(38)36-21-7-4-18(5-8-21)29(33)34/h4-12,15-17H,13-14H2,1-3H3,(H3,33,34)(H,35,37)(H,36,38). The fourth-order valence-corrected chi connectivity index (χ4v) is 5.52. The quantitative estimate of drug-likeness (QED) is 0.120. The largest absolute Gasteiger partial charge is 0.488 e. The Labute approximate surface area is 247 Å². The van der Waals surface area contributed by atoms with Gasteiger partial charge in [-0.15, -0.1) is 0 Å². The van der Waals surface area contributed by atoms with E-state index in [1.807, 2.05) is 24.6 Å². The molecule has 0 radical (unpaired) electrons. The van der Waals surface area contributed by atoms with Crippen molar-refractivity contribution in [2.24, 2.45) is 11.7 Å². The molecule has 0 spiro atoms. The number of hydrogen-bond donors (Lipinski definition) is 4. The topological polar surface area (TPSA) is 144 Å². The number of nitrogens with one attached hydrogen (secondary N) is 3. The first-order valence-corrected chi connectivity index (χ1v) is 14.2. The first-order chi connectivity index (χ1) is 20.2. The van der Waals surface area contributed by atoms with Crippen LogP contribution in [-0.4, -0.2) is 37.3 Å². The van der Waals surface area contributed by atoms with Gasteiger partial charge < -0.3 is 25.8 Å². The Hall–Kier alpha value is -4.96. The highest BCUT2D eigenvalue weighted by atomic mass is 32.1. The minimum absolute atomic E-state index is 0.0758. The Morgan fingerprint density at radius 2 is 1.67 bits per heavy atom. The summed E-state index contributed by atoms with van der Waals surface area (Å²) in [6.45, 7) is 4.85. The van der Waals surface area contributed by atoms with E-state index in [1.165, 1.54) is 13.2 Å². The van der Waals surface area contributed by atoms with Crippen LogP contribution in [0.5, 0.6) is 5.75 Å². The van der Waals surface area contributed by atoms with Gasteiger partial charge in [-0.05, 0) is 76.3 Å². The summed E-state index contributed by atoms with van der Waals surface area (Å²) < 4.78 is 11.1. The van der Waals surface area contributed by atoms with Gasteiger partial charge in [-0.1, -0.05) is 19.9 Å². The van der Waals surface area contributed by atoms with Gasteiger partial charge >= 0.3 is 5.97 Å². The van der Waals surface area contributed by atoms with Gasteiger partial charge in [-0.3, -0.25) is 15.0 Å². The zero-order valence-electron chi connectivity index (χ0n) is 23.4. The number of nitrogen functional groups attached to an aromatic ring is 1. The molecule has 1 aromatic heterocycles. The molecule has 2 amide bonds. The first kappa shape index (κ1) is 28.6. The van der Waals surface area contributed by atoms with Gasteiger partial charge in [0, 0.05) is 45.6 Å². The number of thiophene rings is 1. The van der Waals surface area contributed by atoms with Crippen LogP contribution in [0.1, 0.15) is 56.0 Å². The lowest BCUT2D eigenvalue weighted by Gasteiger charge is -2.22. The summed E-state index contributed by atoms with van der Waals surface area (Å²) in [4.78, 5) is 39.7. The number of anilines is 1. The molecule has 214 valence electrons. The van der Waals surface area contributed by atoms with Crippen LogP contribution in [0.4, 0.5) is 5.69 Å². The number of carbonyl (C=O) groups is 3. The van der Waals surface area contributed by atoms with Gasteiger partial charge in [0.05, 0.1) is 12.7 Å². The number of nitrogens with two attached hydrogens (primary N) is 1. The summed E-state index contributed by atoms with van der Waals surface area (Å²) in [5, 5.41) is 17.4. The van der Waals surface area contributed by atoms with Gasteiger partial charge in [0.1, 0.15) is 18.2 Å². The Bertz CT molecular complexity index is 1710. The molecule has 5 N–H and O–H groups in total. The zero-order chi connectivity index (χ0) is 30.0. The molecule has 1 aliphatic rings. The maximum atomic E-state index is 13.8. The molecular formula is C32H30N4O5S. The average molecular weight is 583 g/mol. The normalized spacial score (nSPS) is 11.6. The number of esters is 1. The van der Waals surface area contributed by atoms with Gasteiger partial charge in [0.25, 0.3) is 11.8 Å². The maximum Gasteiger partial charge on any atom is 0.338 e. The van der Waals surface area contributed by atoms with Crippen LogP contribution < -0.4 is 21.1 Å². The Morgan fingerprint density at radius 3 is 2.36 bits per heavy atom. The van der Waals surface area contributed by atoms with Crippen LogP contribution in [0.15, 0.2) is 65.4 Å². The number of hydrogen-bond acceptors (Lipinski definition) is 7. The molecular weight excluding hydrogens is 552 g/mol. The minimum atomic E-state index is -0.645. The van der Waals surface area contributed by atoms with E-state index in [2.05, 4.69) is 10.6 Å². The second kappa shape index (κ2) is 11.9. The van der Waals surface area contributed by atoms with Crippen LogP contribution >= 0.6 is 11.3 Å². The predicted molar refractivity (Wildman–Crippen MR) is 163 cm³/mol. The zero-order valence-corrected chi connectivity index (χ0v) is 24.2. The Kier molecular flexibility index (Phi) is 8.08. The van der Waals surface area contributed by atoms with Crippen LogP contribution in [0.2, 0.25) is 0 Å². The summed E-state index contributed by atoms with van der Waals surface area (Å²) in [6.07, 6.45) is 0. The molecule has 9 nitrogen and oxygen atoms in total. The molecule has 0 saturated heterocycles. The van der Waals surface area contributed by atoms with Gasteiger partial charge in [-0.2, -0.15) is 11.3 Å².